The zero-order valence-corrected chi connectivity index (χ0v) is 19.2. The Morgan fingerprint density at radius 3 is 2.75 bits per heavy atom. The van der Waals surface area contributed by atoms with Gasteiger partial charge in [0.05, 0.1) is 30.2 Å². The van der Waals surface area contributed by atoms with E-state index < -0.39 is 0 Å². The Hall–Kier alpha value is -3.37. The molecule has 0 spiro atoms. The van der Waals surface area contributed by atoms with Crippen molar-refractivity contribution in [3.8, 4) is 27.6 Å². The van der Waals surface area contributed by atoms with Crippen molar-refractivity contribution in [2.45, 2.75) is 17.8 Å². The van der Waals surface area contributed by atoms with Gasteiger partial charge >= 0.3 is 0 Å². The summed E-state index contributed by atoms with van der Waals surface area (Å²) in [5.41, 5.74) is 2.48. The first kappa shape index (κ1) is 20.5. The van der Waals surface area contributed by atoms with E-state index in [0.717, 1.165) is 38.5 Å². The number of aryl methyl sites for hydroxylation is 1. The van der Waals surface area contributed by atoms with Crippen LogP contribution >= 0.6 is 23.1 Å². The fourth-order valence-corrected chi connectivity index (χ4v) is 5.16. The van der Waals surface area contributed by atoms with Crippen molar-refractivity contribution in [2.75, 3.05) is 7.11 Å². The Morgan fingerprint density at radius 1 is 1.22 bits per heavy atom. The lowest BCUT2D eigenvalue weighted by Crippen LogP contribution is -2.09. The molecule has 162 valence electrons. The van der Waals surface area contributed by atoms with Gasteiger partial charge in [-0.05, 0) is 48.9 Å². The predicted octanol–water partition coefficient (Wildman–Crippen LogP) is 4.65. The molecule has 10 heteroatoms. The summed E-state index contributed by atoms with van der Waals surface area (Å²) in [5.74, 6) is 3.38. The van der Waals surface area contributed by atoms with E-state index in [1.54, 1.807) is 13.4 Å². The molecule has 0 aliphatic carbocycles. The van der Waals surface area contributed by atoms with Crippen molar-refractivity contribution < 1.29 is 9.15 Å². The van der Waals surface area contributed by atoms with Gasteiger partial charge < -0.3 is 18.7 Å². The van der Waals surface area contributed by atoms with E-state index in [0.29, 0.717) is 21.8 Å². The molecule has 0 bridgehead atoms. The van der Waals surface area contributed by atoms with Crippen LogP contribution in [0.2, 0.25) is 0 Å². The molecular formula is C22H19N5O3S2. The van der Waals surface area contributed by atoms with Gasteiger partial charge in [0, 0.05) is 11.9 Å². The van der Waals surface area contributed by atoms with Crippen LogP contribution in [-0.2, 0) is 12.8 Å². The monoisotopic (exact) mass is 465 g/mol. The molecule has 5 aromatic rings. The number of aromatic amines is 1. The molecule has 0 fully saturated rings. The van der Waals surface area contributed by atoms with E-state index >= 15 is 0 Å². The van der Waals surface area contributed by atoms with Crippen LogP contribution in [0.3, 0.4) is 0 Å². The van der Waals surface area contributed by atoms with E-state index in [2.05, 4.69) is 20.2 Å². The molecule has 4 heterocycles. The molecule has 5 rings (SSSR count). The second kappa shape index (κ2) is 8.29. The molecule has 1 aromatic carbocycles. The molecule has 1 N–H and O–H groups in total. The molecule has 0 saturated heterocycles. The Balaban J connectivity index is 1.39. The summed E-state index contributed by atoms with van der Waals surface area (Å²) < 4.78 is 13.1. The minimum atomic E-state index is -0.136. The lowest BCUT2D eigenvalue weighted by Gasteiger charge is -2.03. The summed E-state index contributed by atoms with van der Waals surface area (Å²) in [6.07, 6.45) is 1.64. The molecule has 0 saturated carbocycles. The third-order valence-electron chi connectivity index (χ3n) is 5.08. The maximum Gasteiger partial charge on any atom is 0.268 e. The first-order valence-electron chi connectivity index (χ1n) is 9.77. The maximum atomic E-state index is 12.7. The number of hydrogen-bond donors (Lipinski definition) is 1. The smallest absolute Gasteiger partial charge is 0.268 e. The highest BCUT2D eigenvalue weighted by molar-refractivity contribution is 7.98. The van der Waals surface area contributed by atoms with Gasteiger partial charge in [0.25, 0.3) is 5.56 Å². The van der Waals surface area contributed by atoms with Gasteiger partial charge in [0.15, 0.2) is 11.0 Å². The molecular weight excluding hydrogens is 446 g/mol. The molecule has 0 aliphatic rings. The van der Waals surface area contributed by atoms with E-state index in [1.807, 2.05) is 54.9 Å². The van der Waals surface area contributed by atoms with Crippen molar-refractivity contribution in [1.82, 2.24) is 24.7 Å². The van der Waals surface area contributed by atoms with Crippen LogP contribution in [0, 0.1) is 6.92 Å². The number of thioether (sulfide) groups is 1. The normalized spacial score (nSPS) is 11.3. The second-order valence-corrected chi connectivity index (χ2v) is 9.11. The highest BCUT2D eigenvalue weighted by atomic mass is 32.2. The summed E-state index contributed by atoms with van der Waals surface area (Å²) in [6, 6.07) is 11.6. The van der Waals surface area contributed by atoms with Crippen molar-refractivity contribution in [2.24, 2.45) is 7.05 Å². The lowest BCUT2D eigenvalue weighted by molar-refractivity contribution is 0.415. The van der Waals surface area contributed by atoms with E-state index in [-0.39, 0.29) is 5.56 Å². The zero-order valence-electron chi connectivity index (χ0n) is 17.6. The van der Waals surface area contributed by atoms with Gasteiger partial charge in [-0.25, -0.2) is 4.98 Å². The Kier molecular flexibility index (Phi) is 5.32. The number of nitrogens with zero attached hydrogens (tertiary/aromatic N) is 4. The summed E-state index contributed by atoms with van der Waals surface area (Å²) in [5, 5.41) is 9.29. The van der Waals surface area contributed by atoms with Gasteiger partial charge in [-0.3, -0.25) is 4.79 Å². The third-order valence-corrected chi connectivity index (χ3v) is 7.28. The molecule has 8 nitrogen and oxygen atoms in total. The Bertz CT molecular complexity index is 1460. The van der Waals surface area contributed by atoms with Crippen molar-refractivity contribution in [1.29, 1.82) is 0 Å². The lowest BCUT2D eigenvalue weighted by atomic mass is 10.2. The Labute approximate surface area is 191 Å². The first-order chi connectivity index (χ1) is 15.5. The first-order valence-corrected chi connectivity index (χ1v) is 11.6. The third kappa shape index (κ3) is 3.71. The number of fused-ring (bicyclic) bond motifs is 1. The summed E-state index contributed by atoms with van der Waals surface area (Å²) in [7, 11) is 3.54. The molecule has 0 unspecified atom stereocenters. The van der Waals surface area contributed by atoms with Crippen molar-refractivity contribution in [3.05, 3.63) is 64.6 Å². The average molecular weight is 466 g/mol. The minimum absolute atomic E-state index is 0.136. The number of ether oxygens (including phenoxy) is 1. The number of methoxy groups -OCH3 is 1. The fraction of sp³-hybridized carbons (Fsp3) is 0.182. The minimum Gasteiger partial charge on any atom is -0.497 e. The molecule has 0 radical (unpaired) electrons. The van der Waals surface area contributed by atoms with Crippen molar-refractivity contribution >= 4 is 33.3 Å². The van der Waals surface area contributed by atoms with Gasteiger partial charge in [-0.1, -0.05) is 11.8 Å². The topological polar surface area (TPSA) is 98.8 Å². The van der Waals surface area contributed by atoms with Crippen LogP contribution in [0.4, 0.5) is 0 Å². The highest BCUT2D eigenvalue weighted by Gasteiger charge is 2.16. The molecule has 0 amide bonds. The van der Waals surface area contributed by atoms with Gasteiger partial charge in [-0.15, -0.1) is 21.5 Å². The number of thiophene rings is 1. The fourth-order valence-electron chi connectivity index (χ4n) is 3.38. The standard InChI is InChI=1S/C22H19N5O3S2/c1-12-15(8-9-30-12)20-25-26-22(27(20)2)31-11-18-23-16-10-17(32-19(16)21(28)24-18)13-4-6-14(29-3)7-5-13/h4-10H,11H2,1-3H3,(H,23,24,28). The number of rotatable bonds is 6. The quantitative estimate of drug-likeness (QED) is 0.364. The summed E-state index contributed by atoms with van der Waals surface area (Å²) in [6.45, 7) is 1.89. The van der Waals surface area contributed by atoms with Gasteiger partial charge in [0.1, 0.15) is 22.0 Å². The average Bonchev–Trinajstić information content (AvgIpc) is 3.51. The number of aromatic nitrogens is 5. The van der Waals surface area contributed by atoms with Crippen LogP contribution in [0.25, 0.3) is 32.0 Å². The van der Waals surface area contributed by atoms with E-state index in [9.17, 15) is 4.79 Å². The number of nitrogens with one attached hydrogen (secondary N) is 1. The van der Waals surface area contributed by atoms with Gasteiger partial charge in [-0.2, -0.15) is 0 Å². The summed E-state index contributed by atoms with van der Waals surface area (Å²) in [4.78, 5) is 21.2. The van der Waals surface area contributed by atoms with Crippen LogP contribution < -0.4 is 10.3 Å². The number of hydrogen-bond acceptors (Lipinski definition) is 8. The van der Waals surface area contributed by atoms with Gasteiger partial charge in [0.2, 0.25) is 0 Å². The number of benzene rings is 1. The Morgan fingerprint density at radius 2 is 2.03 bits per heavy atom. The molecule has 32 heavy (non-hydrogen) atoms. The predicted molar refractivity (Wildman–Crippen MR) is 125 cm³/mol. The highest BCUT2D eigenvalue weighted by Crippen LogP contribution is 2.32. The second-order valence-electron chi connectivity index (χ2n) is 7.11. The molecule has 4 aromatic heterocycles. The SMILES string of the molecule is COc1ccc(-c2cc3nc(CSc4nnc(-c5ccoc5C)n4C)[nH]c(=O)c3s2)cc1. The van der Waals surface area contributed by atoms with Crippen LogP contribution in [0.15, 0.2) is 57.0 Å². The largest absolute Gasteiger partial charge is 0.497 e. The van der Waals surface area contributed by atoms with Crippen LogP contribution in [0.5, 0.6) is 5.75 Å². The maximum absolute atomic E-state index is 12.7. The molecule has 0 atom stereocenters. The van der Waals surface area contributed by atoms with Crippen LogP contribution in [0.1, 0.15) is 11.6 Å². The number of furan rings is 1. The van der Waals surface area contributed by atoms with Crippen LogP contribution in [-0.4, -0.2) is 31.8 Å². The summed E-state index contributed by atoms with van der Waals surface area (Å²) >= 11 is 2.89. The van der Waals surface area contributed by atoms with Crippen molar-refractivity contribution in [3.63, 3.8) is 0 Å². The zero-order chi connectivity index (χ0) is 22.2. The number of H-pyrrole nitrogens is 1. The molecule has 0 aliphatic heterocycles. The van der Waals surface area contributed by atoms with E-state index in [1.165, 1.54) is 23.1 Å². The van der Waals surface area contributed by atoms with E-state index in [4.69, 9.17) is 9.15 Å².